The van der Waals surface area contributed by atoms with Crippen LogP contribution < -0.4 is 4.90 Å². The fraction of sp³-hybridized carbons (Fsp3) is 0.462. The molecular formula is C26H34N4O3S. The number of piperazine rings is 1. The van der Waals surface area contributed by atoms with Crippen molar-refractivity contribution in [2.24, 2.45) is 0 Å². The monoisotopic (exact) mass is 482 g/mol. The quantitative estimate of drug-likeness (QED) is 0.523. The maximum absolute atomic E-state index is 12.0. The van der Waals surface area contributed by atoms with Crippen LogP contribution in [0.4, 0.5) is 16.2 Å². The number of benzene rings is 2. The molecule has 0 unspecified atom stereocenters. The normalized spacial score (nSPS) is 16.0. The molecule has 182 valence electrons. The number of ether oxygens (including phenoxy) is 1. The number of hydrogen-bond donors (Lipinski definition) is 0. The average molecular weight is 483 g/mol. The Labute approximate surface area is 206 Å². The van der Waals surface area contributed by atoms with Gasteiger partial charge in [0.15, 0.2) is 5.78 Å². The van der Waals surface area contributed by atoms with E-state index in [0.717, 1.165) is 63.5 Å². The van der Waals surface area contributed by atoms with Crippen LogP contribution in [0.5, 0.6) is 0 Å². The largest absolute Gasteiger partial charge is 0.448 e. The van der Waals surface area contributed by atoms with Crippen LogP contribution in [-0.4, -0.2) is 93.1 Å². The molecule has 2 aliphatic rings. The van der Waals surface area contributed by atoms with Gasteiger partial charge in [-0.3, -0.25) is 9.69 Å². The molecule has 1 fully saturated rings. The molecule has 0 saturated carbocycles. The van der Waals surface area contributed by atoms with Gasteiger partial charge in [-0.05, 0) is 44.2 Å². The Morgan fingerprint density at radius 2 is 1.59 bits per heavy atom. The van der Waals surface area contributed by atoms with E-state index in [2.05, 4.69) is 45.0 Å². The Bertz CT molecular complexity index is 1020. The molecule has 7 nitrogen and oxygen atoms in total. The smallest absolute Gasteiger partial charge is 0.409 e. The summed E-state index contributed by atoms with van der Waals surface area (Å²) in [5, 5.41) is 0. The third kappa shape index (κ3) is 5.92. The van der Waals surface area contributed by atoms with Gasteiger partial charge in [0.2, 0.25) is 0 Å². The summed E-state index contributed by atoms with van der Waals surface area (Å²) in [6, 6.07) is 14.6. The number of nitrogens with zero attached hydrogens (tertiary/aromatic N) is 4. The second-order valence-corrected chi connectivity index (χ2v) is 10.1. The van der Waals surface area contributed by atoms with Crippen LogP contribution in [0.15, 0.2) is 52.3 Å². The first-order valence-electron chi connectivity index (χ1n) is 11.9. The van der Waals surface area contributed by atoms with Crippen molar-refractivity contribution in [1.29, 1.82) is 0 Å². The number of carbonyl (C=O) groups excluding carboxylic acids is 2. The third-order valence-corrected chi connectivity index (χ3v) is 7.48. The van der Waals surface area contributed by atoms with E-state index in [1.54, 1.807) is 32.8 Å². The molecule has 2 aliphatic heterocycles. The van der Waals surface area contributed by atoms with Crippen molar-refractivity contribution in [1.82, 2.24) is 14.7 Å². The van der Waals surface area contributed by atoms with E-state index >= 15 is 0 Å². The fourth-order valence-corrected chi connectivity index (χ4v) is 5.45. The first-order valence-corrected chi connectivity index (χ1v) is 12.7. The number of para-hydroxylation sites is 1. The van der Waals surface area contributed by atoms with Crippen molar-refractivity contribution in [2.45, 2.75) is 23.1 Å². The number of amides is 1. The van der Waals surface area contributed by atoms with Crippen molar-refractivity contribution in [2.75, 3.05) is 71.4 Å². The number of fused-ring (bicyclic) bond motifs is 2. The van der Waals surface area contributed by atoms with E-state index in [1.165, 1.54) is 20.4 Å². The highest BCUT2D eigenvalue weighted by atomic mass is 32.2. The standard InChI is InChI=1S/C26H34N4O3S/c1-20(31)21-9-10-25-23(19-21)30(22-7-4-5-8-24(22)34-25)12-6-11-28-13-15-29(16-14-28)17-18-33-26(32)27(2)3/h4-5,7-10,19H,6,11-18H2,1-3H3. The predicted molar refractivity (Wildman–Crippen MR) is 137 cm³/mol. The van der Waals surface area contributed by atoms with E-state index in [9.17, 15) is 9.59 Å². The minimum absolute atomic E-state index is 0.0981. The van der Waals surface area contributed by atoms with Gasteiger partial charge in [-0.25, -0.2) is 4.79 Å². The molecule has 2 aromatic carbocycles. The molecule has 0 radical (unpaired) electrons. The summed E-state index contributed by atoms with van der Waals surface area (Å²) in [7, 11) is 3.40. The summed E-state index contributed by atoms with van der Waals surface area (Å²) in [6.45, 7) is 8.83. The zero-order valence-electron chi connectivity index (χ0n) is 20.3. The second kappa shape index (κ2) is 11.3. The number of Topliss-reactive ketones (excluding diaryl/α,β-unsaturated/α-hetero) is 1. The Hall–Kier alpha value is -2.55. The van der Waals surface area contributed by atoms with Gasteiger partial charge < -0.3 is 19.4 Å². The number of anilines is 2. The maximum Gasteiger partial charge on any atom is 0.409 e. The third-order valence-electron chi connectivity index (χ3n) is 6.35. The van der Waals surface area contributed by atoms with E-state index in [4.69, 9.17) is 4.74 Å². The Morgan fingerprint density at radius 3 is 2.29 bits per heavy atom. The topological polar surface area (TPSA) is 56.3 Å². The van der Waals surface area contributed by atoms with Crippen molar-refractivity contribution < 1.29 is 14.3 Å². The molecule has 2 heterocycles. The zero-order chi connectivity index (χ0) is 24.1. The van der Waals surface area contributed by atoms with Gasteiger partial charge in [0, 0.05) is 68.7 Å². The molecule has 0 aromatic heterocycles. The summed E-state index contributed by atoms with van der Waals surface area (Å²) in [4.78, 5) is 34.7. The highest BCUT2D eigenvalue weighted by Gasteiger charge is 2.24. The van der Waals surface area contributed by atoms with Crippen molar-refractivity contribution in [3.63, 3.8) is 0 Å². The fourth-order valence-electron chi connectivity index (χ4n) is 4.37. The molecule has 4 rings (SSSR count). The summed E-state index contributed by atoms with van der Waals surface area (Å²) in [6.07, 6.45) is 0.761. The van der Waals surface area contributed by atoms with Crippen LogP contribution in [0.1, 0.15) is 23.7 Å². The molecule has 1 amide bonds. The Morgan fingerprint density at radius 1 is 0.912 bits per heavy atom. The van der Waals surface area contributed by atoms with Crippen LogP contribution >= 0.6 is 11.8 Å². The molecule has 34 heavy (non-hydrogen) atoms. The van der Waals surface area contributed by atoms with Gasteiger partial charge in [0.05, 0.1) is 11.4 Å². The number of rotatable bonds is 8. The van der Waals surface area contributed by atoms with Gasteiger partial charge in [0.1, 0.15) is 6.61 Å². The minimum atomic E-state index is -0.284. The lowest BCUT2D eigenvalue weighted by atomic mass is 10.1. The van der Waals surface area contributed by atoms with Crippen LogP contribution in [0, 0.1) is 0 Å². The summed E-state index contributed by atoms with van der Waals surface area (Å²) >= 11 is 1.78. The molecule has 8 heteroatoms. The molecule has 2 aromatic rings. The van der Waals surface area contributed by atoms with Crippen molar-refractivity contribution in [3.8, 4) is 0 Å². The molecule has 0 spiro atoms. The van der Waals surface area contributed by atoms with Gasteiger partial charge in [-0.15, -0.1) is 0 Å². The lowest BCUT2D eigenvalue weighted by Crippen LogP contribution is -2.48. The highest BCUT2D eigenvalue weighted by Crippen LogP contribution is 2.48. The number of carbonyl (C=O) groups is 2. The summed E-state index contributed by atoms with van der Waals surface area (Å²) in [5.74, 6) is 0.0981. The van der Waals surface area contributed by atoms with E-state index in [-0.39, 0.29) is 11.9 Å². The van der Waals surface area contributed by atoms with Crippen LogP contribution in [-0.2, 0) is 4.74 Å². The molecule has 1 saturated heterocycles. The lowest BCUT2D eigenvalue weighted by molar-refractivity contribution is 0.0832. The Kier molecular flexibility index (Phi) is 8.13. The summed E-state index contributed by atoms with van der Waals surface area (Å²) in [5.41, 5.74) is 3.11. The molecule has 0 bridgehead atoms. The van der Waals surface area contributed by atoms with Gasteiger partial charge in [-0.2, -0.15) is 0 Å². The van der Waals surface area contributed by atoms with Crippen LogP contribution in [0.3, 0.4) is 0 Å². The minimum Gasteiger partial charge on any atom is -0.448 e. The van der Waals surface area contributed by atoms with E-state index < -0.39 is 0 Å². The van der Waals surface area contributed by atoms with Gasteiger partial charge in [-0.1, -0.05) is 30.0 Å². The zero-order valence-corrected chi connectivity index (χ0v) is 21.1. The van der Waals surface area contributed by atoms with Gasteiger partial charge >= 0.3 is 6.09 Å². The first-order chi connectivity index (χ1) is 16.4. The SMILES string of the molecule is CC(=O)c1ccc2c(c1)N(CCCN1CCN(CCOC(=O)N(C)C)CC1)c1ccccc1S2. The van der Waals surface area contributed by atoms with Crippen molar-refractivity contribution >= 4 is 35.0 Å². The van der Waals surface area contributed by atoms with Gasteiger partial charge in [0.25, 0.3) is 0 Å². The molecule has 0 aliphatic carbocycles. The Balaban J connectivity index is 1.30. The molecule has 0 atom stereocenters. The number of ketones is 1. The molecular weight excluding hydrogens is 448 g/mol. The van der Waals surface area contributed by atoms with Crippen LogP contribution in [0.25, 0.3) is 0 Å². The first kappa shape index (κ1) is 24.6. The lowest BCUT2D eigenvalue weighted by Gasteiger charge is -2.36. The predicted octanol–water partition coefficient (Wildman–Crippen LogP) is 4.20. The average Bonchev–Trinajstić information content (AvgIpc) is 2.84. The molecule has 0 N–H and O–H groups in total. The number of hydrogen-bond acceptors (Lipinski definition) is 7. The van der Waals surface area contributed by atoms with Crippen LogP contribution in [0.2, 0.25) is 0 Å². The second-order valence-electron chi connectivity index (χ2n) is 9.01. The summed E-state index contributed by atoms with van der Waals surface area (Å²) < 4.78 is 5.25. The maximum atomic E-state index is 12.0. The van der Waals surface area contributed by atoms with E-state index in [1.807, 2.05) is 12.1 Å². The highest BCUT2D eigenvalue weighted by molar-refractivity contribution is 7.99. The van der Waals surface area contributed by atoms with Crippen molar-refractivity contribution in [3.05, 3.63) is 48.0 Å². The van der Waals surface area contributed by atoms with E-state index in [0.29, 0.717) is 6.61 Å².